The van der Waals surface area contributed by atoms with Crippen LogP contribution in [0.2, 0.25) is 0 Å². The SMILES string of the molecule is CCOC(C)OC12CC3(OC(C)OCC)CC1CC3(OC(O)C(C)(CC(C)C)C(C)C)C2. The molecule has 0 aromatic carbocycles. The van der Waals surface area contributed by atoms with Gasteiger partial charge in [-0.3, -0.25) is 0 Å². The van der Waals surface area contributed by atoms with Gasteiger partial charge in [-0.1, -0.05) is 34.6 Å². The van der Waals surface area contributed by atoms with Crippen LogP contribution in [0.1, 0.15) is 94.4 Å². The highest BCUT2D eigenvalue weighted by molar-refractivity contribution is 5.32. The highest BCUT2D eigenvalue weighted by Crippen LogP contribution is 2.74. The third-order valence-electron chi connectivity index (χ3n) is 8.56. The minimum atomic E-state index is -0.868. The van der Waals surface area contributed by atoms with Crippen LogP contribution in [0.4, 0.5) is 0 Å². The van der Waals surface area contributed by atoms with Crippen LogP contribution in [0.5, 0.6) is 0 Å². The molecule has 8 unspecified atom stereocenters. The van der Waals surface area contributed by atoms with Crippen molar-refractivity contribution < 1.29 is 28.8 Å². The molecule has 4 bridgehead atoms. The zero-order chi connectivity index (χ0) is 23.9. The van der Waals surface area contributed by atoms with Crippen LogP contribution in [-0.4, -0.2) is 54.0 Å². The molecule has 8 atom stereocenters. The highest BCUT2D eigenvalue weighted by Gasteiger charge is 2.81. The van der Waals surface area contributed by atoms with E-state index in [4.69, 9.17) is 23.7 Å². The summed E-state index contributed by atoms with van der Waals surface area (Å²) < 4.78 is 31.5. The van der Waals surface area contributed by atoms with Crippen molar-refractivity contribution in [1.29, 1.82) is 0 Å². The first-order valence-electron chi connectivity index (χ1n) is 12.8. The van der Waals surface area contributed by atoms with Crippen LogP contribution in [-0.2, 0) is 23.7 Å². The summed E-state index contributed by atoms with van der Waals surface area (Å²) in [5.74, 6) is 1.09. The Morgan fingerprint density at radius 2 is 1.34 bits per heavy atom. The molecular weight excluding hydrogens is 408 g/mol. The van der Waals surface area contributed by atoms with Crippen molar-refractivity contribution in [1.82, 2.24) is 0 Å². The molecule has 0 amide bonds. The van der Waals surface area contributed by atoms with Gasteiger partial charge >= 0.3 is 0 Å². The summed E-state index contributed by atoms with van der Waals surface area (Å²) in [6, 6.07) is 0. The number of aliphatic hydroxyl groups is 1. The molecule has 6 heteroatoms. The molecule has 0 spiro atoms. The summed E-state index contributed by atoms with van der Waals surface area (Å²) in [6.07, 6.45) is 2.64. The van der Waals surface area contributed by atoms with Crippen molar-refractivity contribution >= 4 is 0 Å². The molecule has 0 aliphatic heterocycles. The molecule has 4 saturated carbocycles. The van der Waals surface area contributed by atoms with Crippen LogP contribution in [0.25, 0.3) is 0 Å². The average molecular weight is 457 g/mol. The zero-order valence-electron chi connectivity index (χ0n) is 21.9. The first-order chi connectivity index (χ1) is 14.9. The van der Waals surface area contributed by atoms with Gasteiger partial charge in [-0.25, -0.2) is 0 Å². The Hall–Kier alpha value is -0.240. The van der Waals surface area contributed by atoms with Crippen LogP contribution in [0.3, 0.4) is 0 Å². The van der Waals surface area contributed by atoms with Crippen molar-refractivity contribution in [2.75, 3.05) is 13.2 Å². The van der Waals surface area contributed by atoms with Crippen molar-refractivity contribution in [2.24, 2.45) is 23.2 Å². The van der Waals surface area contributed by atoms with Gasteiger partial charge in [0.2, 0.25) is 0 Å². The Morgan fingerprint density at radius 1 is 0.844 bits per heavy atom. The van der Waals surface area contributed by atoms with E-state index < -0.39 is 17.5 Å². The number of rotatable bonds is 14. The fourth-order valence-electron chi connectivity index (χ4n) is 7.01. The van der Waals surface area contributed by atoms with Gasteiger partial charge in [-0.05, 0) is 64.7 Å². The molecule has 4 aliphatic rings. The fourth-order valence-corrected chi connectivity index (χ4v) is 7.01. The lowest BCUT2D eigenvalue weighted by Crippen LogP contribution is -2.55. The van der Waals surface area contributed by atoms with E-state index >= 15 is 0 Å². The normalized spacial score (nSPS) is 38.1. The number of aliphatic hydroxyl groups excluding tert-OH is 1. The molecule has 4 aliphatic carbocycles. The molecule has 0 radical (unpaired) electrons. The maximum Gasteiger partial charge on any atom is 0.161 e. The summed E-state index contributed by atoms with van der Waals surface area (Å²) in [5, 5.41) is 11.5. The lowest BCUT2D eigenvalue weighted by atomic mass is 9.72. The van der Waals surface area contributed by atoms with Crippen molar-refractivity contribution in [3.8, 4) is 0 Å². The van der Waals surface area contributed by atoms with E-state index in [0.717, 1.165) is 32.1 Å². The van der Waals surface area contributed by atoms with Gasteiger partial charge in [0, 0.05) is 31.5 Å². The van der Waals surface area contributed by atoms with Gasteiger partial charge in [0.05, 0.1) is 5.60 Å². The van der Waals surface area contributed by atoms with Crippen LogP contribution >= 0.6 is 0 Å². The van der Waals surface area contributed by atoms with Crippen molar-refractivity contribution in [2.45, 2.75) is 130 Å². The first kappa shape index (κ1) is 26.4. The summed E-state index contributed by atoms with van der Waals surface area (Å²) >= 11 is 0. The van der Waals surface area contributed by atoms with Crippen LogP contribution in [0.15, 0.2) is 0 Å². The lowest BCUT2D eigenvalue weighted by molar-refractivity contribution is -0.306. The van der Waals surface area contributed by atoms with Crippen LogP contribution < -0.4 is 0 Å². The number of hydrogen-bond acceptors (Lipinski definition) is 6. The smallest absolute Gasteiger partial charge is 0.161 e. The van der Waals surface area contributed by atoms with E-state index in [1.54, 1.807) is 0 Å². The Labute approximate surface area is 195 Å². The van der Waals surface area contributed by atoms with E-state index in [1.807, 2.05) is 27.7 Å². The predicted octanol–water partition coefficient (Wildman–Crippen LogP) is 5.26. The van der Waals surface area contributed by atoms with E-state index in [-0.39, 0.29) is 29.5 Å². The van der Waals surface area contributed by atoms with E-state index in [2.05, 4.69) is 34.6 Å². The molecule has 0 aromatic rings. The molecule has 0 heterocycles. The van der Waals surface area contributed by atoms with Gasteiger partial charge in [-0.2, -0.15) is 0 Å². The van der Waals surface area contributed by atoms with Gasteiger partial charge in [0.1, 0.15) is 11.2 Å². The van der Waals surface area contributed by atoms with E-state index in [9.17, 15) is 5.11 Å². The van der Waals surface area contributed by atoms with Crippen LogP contribution in [0, 0.1) is 23.2 Å². The summed E-state index contributed by atoms with van der Waals surface area (Å²) in [6.45, 7) is 20.0. The molecule has 6 nitrogen and oxygen atoms in total. The zero-order valence-corrected chi connectivity index (χ0v) is 21.9. The fraction of sp³-hybridized carbons (Fsp3) is 1.00. The monoisotopic (exact) mass is 456 g/mol. The second-order valence-corrected chi connectivity index (χ2v) is 11.5. The second kappa shape index (κ2) is 9.43. The van der Waals surface area contributed by atoms with Crippen molar-refractivity contribution in [3.05, 3.63) is 0 Å². The molecule has 0 aromatic heterocycles. The topological polar surface area (TPSA) is 66.4 Å². The quantitative estimate of drug-likeness (QED) is 0.360. The minimum absolute atomic E-state index is 0.275. The molecule has 0 saturated heterocycles. The first-order valence-corrected chi connectivity index (χ1v) is 12.8. The Morgan fingerprint density at radius 3 is 1.81 bits per heavy atom. The summed E-state index contributed by atoms with van der Waals surface area (Å²) in [4.78, 5) is 0. The van der Waals surface area contributed by atoms with E-state index in [1.165, 1.54) is 0 Å². The van der Waals surface area contributed by atoms with Gasteiger partial charge in [0.15, 0.2) is 18.9 Å². The van der Waals surface area contributed by atoms with Gasteiger partial charge < -0.3 is 28.8 Å². The van der Waals surface area contributed by atoms with Crippen molar-refractivity contribution in [3.63, 3.8) is 0 Å². The molecule has 4 fully saturated rings. The molecule has 32 heavy (non-hydrogen) atoms. The number of hydrogen-bond donors (Lipinski definition) is 1. The minimum Gasteiger partial charge on any atom is -0.367 e. The predicted molar refractivity (Wildman–Crippen MR) is 124 cm³/mol. The molecule has 1 N–H and O–H groups in total. The molecule has 4 rings (SSSR count). The molecular formula is C26H48O6. The van der Waals surface area contributed by atoms with Gasteiger partial charge in [-0.15, -0.1) is 0 Å². The second-order valence-electron chi connectivity index (χ2n) is 11.5. The standard InChI is InChI=1S/C26H48O6/c1-10-28-19(7)30-24-15-25(31-20(8)29-11-2)13-21(24)14-26(25,16-24)32-22(27)23(9,18(5)6)12-17(3)4/h17-22,27H,10-16H2,1-9H3. The molecule has 188 valence electrons. The Bertz CT molecular complexity index is 640. The third-order valence-corrected chi connectivity index (χ3v) is 8.56. The lowest BCUT2D eigenvalue weighted by Gasteiger charge is -2.47. The Kier molecular flexibility index (Phi) is 7.77. The maximum absolute atomic E-state index is 11.5. The number of ether oxygens (including phenoxy) is 5. The maximum atomic E-state index is 11.5. The van der Waals surface area contributed by atoms with E-state index in [0.29, 0.717) is 25.0 Å². The average Bonchev–Trinajstić information content (AvgIpc) is 3.27. The van der Waals surface area contributed by atoms with Gasteiger partial charge in [0.25, 0.3) is 0 Å². The highest BCUT2D eigenvalue weighted by atomic mass is 16.7. The summed E-state index contributed by atoms with van der Waals surface area (Å²) in [7, 11) is 0. The third kappa shape index (κ3) is 4.40. The summed E-state index contributed by atoms with van der Waals surface area (Å²) in [5.41, 5.74) is -1.74. The Balaban J connectivity index is 1.89. The largest absolute Gasteiger partial charge is 0.367 e.